The Balaban J connectivity index is 2.50. The summed E-state index contributed by atoms with van der Waals surface area (Å²) in [6.45, 7) is 0.0234. The molecule has 5 nitrogen and oxygen atoms in total. The smallest absolute Gasteiger partial charge is 0.216 e. The van der Waals surface area contributed by atoms with Gasteiger partial charge in [0.15, 0.2) is 0 Å². The molecule has 1 aromatic heterocycles. The van der Waals surface area contributed by atoms with Gasteiger partial charge in [-0.3, -0.25) is 4.98 Å². The Morgan fingerprint density at radius 3 is 2.75 bits per heavy atom. The number of rotatable bonds is 6. The second kappa shape index (κ2) is 5.93. The maximum absolute atomic E-state index is 11.5. The van der Waals surface area contributed by atoms with Crippen LogP contribution in [-0.4, -0.2) is 48.8 Å². The topological polar surface area (TPSA) is 70.5 Å². The van der Waals surface area contributed by atoms with Crippen LogP contribution in [-0.2, 0) is 16.4 Å². The van der Waals surface area contributed by atoms with E-state index in [0.29, 0.717) is 13.0 Å². The normalized spacial score (nSPS) is 11.9. The number of nitrogens with zero attached hydrogens (tertiary/aromatic N) is 2. The highest BCUT2D eigenvalue weighted by atomic mass is 32.2. The Kier molecular flexibility index (Phi) is 4.85. The van der Waals surface area contributed by atoms with E-state index in [9.17, 15) is 8.42 Å². The summed E-state index contributed by atoms with van der Waals surface area (Å²) in [6.07, 6.45) is 2.25. The summed E-state index contributed by atoms with van der Waals surface area (Å²) in [6, 6.07) is 5.53. The minimum absolute atomic E-state index is 0.230. The lowest BCUT2D eigenvalue weighted by Crippen LogP contribution is -2.32. The maximum Gasteiger partial charge on any atom is 0.216 e. The van der Waals surface area contributed by atoms with E-state index in [1.165, 1.54) is 11.4 Å². The molecule has 0 unspecified atom stereocenters. The molecule has 0 saturated carbocycles. The van der Waals surface area contributed by atoms with Crippen molar-refractivity contribution in [3.8, 4) is 0 Å². The first-order chi connectivity index (χ1) is 7.56. The minimum atomic E-state index is -3.32. The van der Waals surface area contributed by atoms with E-state index in [4.69, 9.17) is 5.11 Å². The van der Waals surface area contributed by atoms with Crippen LogP contribution in [0.2, 0.25) is 0 Å². The number of hydrogen-bond donors (Lipinski definition) is 1. The van der Waals surface area contributed by atoms with Gasteiger partial charge in [-0.2, -0.15) is 0 Å². The van der Waals surface area contributed by atoms with E-state index < -0.39 is 10.0 Å². The van der Waals surface area contributed by atoms with E-state index >= 15 is 0 Å². The fourth-order valence-electron chi connectivity index (χ4n) is 1.23. The van der Waals surface area contributed by atoms with E-state index in [2.05, 4.69) is 4.98 Å². The zero-order valence-electron chi connectivity index (χ0n) is 9.20. The first-order valence-corrected chi connectivity index (χ1v) is 6.62. The summed E-state index contributed by atoms with van der Waals surface area (Å²) in [4.78, 5) is 4.11. The van der Waals surface area contributed by atoms with Crippen LogP contribution in [0, 0.1) is 0 Å². The van der Waals surface area contributed by atoms with Crippen LogP contribution in [0.4, 0.5) is 0 Å². The van der Waals surface area contributed by atoms with E-state index in [-0.39, 0.29) is 12.4 Å². The van der Waals surface area contributed by atoms with Gasteiger partial charge >= 0.3 is 0 Å². The molecule has 0 radical (unpaired) electrons. The van der Waals surface area contributed by atoms with Crippen LogP contribution in [0.5, 0.6) is 0 Å². The molecule has 1 rings (SSSR count). The summed E-state index contributed by atoms with van der Waals surface area (Å²) in [5, 5.41) is 8.62. The van der Waals surface area contributed by atoms with Gasteiger partial charge in [-0.25, -0.2) is 12.7 Å². The molecular weight excluding hydrogens is 228 g/mol. The largest absolute Gasteiger partial charge is 0.395 e. The van der Waals surface area contributed by atoms with Crippen LogP contribution >= 0.6 is 0 Å². The van der Waals surface area contributed by atoms with Crippen molar-refractivity contribution in [3.63, 3.8) is 0 Å². The van der Waals surface area contributed by atoms with Crippen molar-refractivity contribution in [2.75, 3.05) is 26.0 Å². The van der Waals surface area contributed by atoms with Crippen molar-refractivity contribution < 1.29 is 13.5 Å². The highest BCUT2D eigenvalue weighted by Crippen LogP contribution is 2.01. The summed E-state index contributed by atoms with van der Waals surface area (Å²) in [7, 11) is -1.82. The Hall–Kier alpha value is -0.980. The molecule has 0 fully saturated rings. The molecule has 0 aliphatic rings. The molecule has 0 bridgehead atoms. The third kappa shape index (κ3) is 3.88. The van der Waals surface area contributed by atoms with Crippen LogP contribution in [0.15, 0.2) is 24.4 Å². The standard InChI is InChI=1S/C10H16N2O3S/c1-12(16(14,15)9-8-13)7-5-10-4-2-3-6-11-10/h2-4,6,13H,5,7-9H2,1H3. The van der Waals surface area contributed by atoms with Crippen LogP contribution in [0.25, 0.3) is 0 Å². The highest BCUT2D eigenvalue weighted by molar-refractivity contribution is 7.89. The lowest BCUT2D eigenvalue weighted by Gasteiger charge is -2.15. The number of aliphatic hydroxyl groups excluding tert-OH is 1. The number of pyridine rings is 1. The van der Waals surface area contributed by atoms with E-state index in [1.807, 2.05) is 18.2 Å². The molecule has 6 heteroatoms. The fourth-order valence-corrected chi connectivity index (χ4v) is 2.14. The summed E-state index contributed by atoms with van der Waals surface area (Å²) in [5.74, 6) is -0.230. The second-order valence-electron chi connectivity index (χ2n) is 3.43. The molecule has 0 amide bonds. The molecule has 90 valence electrons. The predicted molar refractivity (Wildman–Crippen MR) is 61.4 cm³/mol. The fraction of sp³-hybridized carbons (Fsp3) is 0.500. The first-order valence-electron chi connectivity index (χ1n) is 5.01. The van der Waals surface area contributed by atoms with Gasteiger partial charge in [-0.15, -0.1) is 0 Å². The average molecular weight is 244 g/mol. The lowest BCUT2D eigenvalue weighted by molar-refractivity contribution is 0.316. The molecule has 1 heterocycles. The second-order valence-corrected chi connectivity index (χ2v) is 5.63. The van der Waals surface area contributed by atoms with Gasteiger partial charge in [-0.05, 0) is 12.1 Å². The Morgan fingerprint density at radius 1 is 1.44 bits per heavy atom. The summed E-state index contributed by atoms with van der Waals surface area (Å²) >= 11 is 0. The minimum Gasteiger partial charge on any atom is -0.395 e. The SMILES string of the molecule is CN(CCc1ccccn1)S(=O)(=O)CCO. The van der Waals surface area contributed by atoms with Crippen molar-refractivity contribution in [3.05, 3.63) is 30.1 Å². The molecule has 1 N–H and O–H groups in total. The first kappa shape index (κ1) is 13.1. The van der Waals surface area contributed by atoms with Gasteiger partial charge < -0.3 is 5.11 Å². The van der Waals surface area contributed by atoms with Gasteiger partial charge in [0, 0.05) is 31.9 Å². The van der Waals surface area contributed by atoms with Crippen molar-refractivity contribution >= 4 is 10.0 Å². The molecule has 0 spiro atoms. The summed E-state index contributed by atoms with van der Waals surface area (Å²) in [5.41, 5.74) is 0.855. The van der Waals surface area contributed by atoms with Crippen molar-refractivity contribution in [2.45, 2.75) is 6.42 Å². The van der Waals surface area contributed by atoms with E-state index in [1.54, 1.807) is 6.20 Å². The van der Waals surface area contributed by atoms with Crippen LogP contribution < -0.4 is 0 Å². The third-order valence-electron chi connectivity index (χ3n) is 2.23. The molecule has 16 heavy (non-hydrogen) atoms. The molecule has 0 saturated heterocycles. The number of sulfonamides is 1. The zero-order valence-corrected chi connectivity index (χ0v) is 10.0. The predicted octanol–water partition coefficient (Wildman–Crippen LogP) is -0.122. The van der Waals surface area contributed by atoms with Gasteiger partial charge in [0.25, 0.3) is 0 Å². The van der Waals surface area contributed by atoms with Crippen molar-refractivity contribution in [1.29, 1.82) is 0 Å². The third-order valence-corrected chi connectivity index (χ3v) is 4.06. The highest BCUT2D eigenvalue weighted by Gasteiger charge is 2.16. The Labute approximate surface area is 95.8 Å². The van der Waals surface area contributed by atoms with Crippen molar-refractivity contribution in [2.24, 2.45) is 0 Å². The molecular formula is C10H16N2O3S. The molecule has 0 aliphatic heterocycles. The lowest BCUT2D eigenvalue weighted by atomic mass is 10.3. The number of aromatic nitrogens is 1. The van der Waals surface area contributed by atoms with Crippen molar-refractivity contribution in [1.82, 2.24) is 9.29 Å². The zero-order chi connectivity index (χ0) is 12.0. The number of likely N-dealkylation sites (N-methyl/N-ethyl adjacent to an activating group) is 1. The molecule has 0 aromatic carbocycles. The average Bonchev–Trinajstić information content (AvgIpc) is 2.27. The van der Waals surface area contributed by atoms with Gasteiger partial charge in [0.05, 0.1) is 12.4 Å². The number of hydrogen-bond acceptors (Lipinski definition) is 4. The quantitative estimate of drug-likeness (QED) is 0.757. The monoisotopic (exact) mass is 244 g/mol. The van der Waals surface area contributed by atoms with Gasteiger partial charge in [-0.1, -0.05) is 6.07 Å². The van der Waals surface area contributed by atoms with Crippen LogP contribution in [0.3, 0.4) is 0 Å². The molecule has 1 aromatic rings. The molecule has 0 aliphatic carbocycles. The maximum atomic E-state index is 11.5. The Bertz CT molecular complexity index is 405. The number of aliphatic hydroxyl groups is 1. The van der Waals surface area contributed by atoms with Gasteiger partial charge in [0.2, 0.25) is 10.0 Å². The van der Waals surface area contributed by atoms with Crippen LogP contribution in [0.1, 0.15) is 5.69 Å². The van der Waals surface area contributed by atoms with Gasteiger partial charge in [0.1, 0.15) is 0 Å². The summed E-state index contributed by atoms with van der Waals surface area (Å²) < 4.78 is 24.2. The molecule has 0 atom stereocenters. The Morgan fingerprint density at radius 2 is 2.19 bits per heavy atom. The van der Waals surface area contributed by atoms with E-state index in [0.717, 1.165) is 5.69 Å².